The van der Waals surface area contributed by atoms with E-state index in [0.717, 1.165) is 44.5 Å². The second kappa shape index (κ2) is 6.25. The molecule has 0 aromatic carbocycles. The van der Waals surface area contributed by atoms with Crippen LogP contribution in [0.25, 0.3) is 0 Å². The van der Waals surface area contributed by atoms with Gasteiger partial charge < -0.3 is 5.11 Å². The van der Waals surface area contributed by atoms with Crippen molar-refractivity contribution in [2.24, 2.45) is 17.3 Å². The Balaban J connectivity index is 2.04. The molecule has 0 radical (unpaired) electrons. The molecule has 2 rings (SSSR count). The maximum atomic E-state index is 10.3. The third-order valence-corrected chi connectivity index (χ3v) is 4.74. The lowest BCUT2D eigenvalue weighted by molar-refractivity contribution is 0.0184. The van der Waals surface area contributed by atoms with Crippen LogP contribution < -0.4 is 0 Å². The van der Waals surface area contributed by atoms with Crippen molar-refractivity contribution >= 4 is 0 Å². The minimum absolute atomic E-state index is 0.180. The Morgan fingerprint density at radius 2 is 2.10 bits per heavy atom. The van der Waals surface area contributed by atoms with E-state index in [9.17, 15) is 5.11 Å². The molecule has 3 atom stereocenters. The van der Waals surface area contributed by atoms with E-state index in [0.29, 0.717) is 17.3 Å². The van der Waals surface area contributed by atoms with Gasteiger partial charge in [0.15, 0.2) is 0 Å². The number of hydrogen-bond donors (Lipinski definition) is 1. The molecule has 1 saturated carbocycles. The standard InChI is InChI=1S/C16H29N3O/c1-5-8-19-15(17-11-18-19)10-12-9-13(16(2,3)4)6-7-14(12)20/h11-14,20H,5-10H2,1-4H3. The molecule has 1 aliphatic carbocycles. The molecule has 0 bridgehead atoms. The third kappa shape index (κ3) is 3.60. The van der Waals surface area contributed by atoms with Crippen LogP contribution >= 0.6 is 0 Å². The summed E-state index contributed by atoms with van der Waals surface area (Å²) in [6.07, 6.45) is 6.55. The molecule has 1 aromatic heterocycles. The second-order valence-corrected chi connectivity index (χ2v) is 7.31. The van der Waals surface area contributed by atoms with Crippen LogP contribution in [0.1, 0.15) is 59.2 Å². The molecule has 4 nitrogen and oxygen atoms in total. The molecule has 0 saturated heterocycles. The minimum Gasteiger partial charge on any atom is -0.393 e. The van der Waals surface area contributed by atoms with Crippen molar-refractivity contribution in [3.8, 4) is 0 Å². The van der Waals surface area contributed by atoms with E-state index in [1.54, 1.807) is 6.33 Å². The first-order valence-corrected chi connectivity index (χ1v) is 7.96. The van der Waals surface area contributed by atoms with Gasteiger partial charge in [-0.15, -0.1) is 0 Å². The highest BCUT2D eigenvalue weighted by atomic mass is 16.3. The van der Waals surface area contributed by atoms with Crippen molar-refractivity contribution in [2.75, 3.05) is 0 Å². The smallest absolute Gasteiger partial charge is 0.138 e. The second-order valence-electron chi connectivity index (χ2n) is 7.31. The number of aliphatic hydroxyl groups excluding tert-OH is 1. The van der Waals surface area contributed by atoms with Gasteiger partial charge in [0.25, 0.3) is 0 Å². The summed E-state index contributed by atoms with van der Waals surface area (Å²) in [5, 5.41) is 14.6. The van der Waals surface area contributed by atoms with Gasteiger partial charge in [0.2, 0.25) is 0 Å². The molecule has 1 N–H and O–H groups in total. The first kappa shape index (κ1) is 15.5. The van der Waals surface area contributed by atoms with Crippen LogP contribution in [0, 0.1) is 17.3 Å². The predicted molar refractivity (Wildman–Crippen MR) is 80.3 cm³/mol. The van der Waals surface area contributed by atoms with Gasteiger partial charge in [-0.1, -0.05) is 27.7 Å². The Kier molecular flexibility index (Phi) is 4.84. The molecule has 0 aliphatic heterocycles. The topological polar surface area (TPSA) is 50.9 Å². The maximum Gasteiger partial charge on any atom is 0.138 e. The van der Waals surface area contributed by atoms with Crippen molar-refractivity contribution in [3.63, 3.8) is 0 Å². The Morgan fingerprint density at radius 3 is 2.75 bits per heavy atom. The average Bonchev–Trinajstić information content (AvgIpc) is 2.79. The highest BCUT2D eigenvalue weighted by Crippen LogP contribution is 2.41. The Hall–Kier alpha value is -0.900. The molecular formula is C16H29N3O. The average molecular weight is 279 g/mol. The molecule has 0 amide bonds. The van der Waals surface area contributed by atoms with Crippen LogP contribution in [-0.4, -0.2) is 26.0 Å². The van der Waals surface area contributed by atoms with E-state index in [-0.39, 0.29) is 6.10 Å². The quantitative estimate of drug-likeness (QED) is 0.921. The van der Waals surface area contributed by atoms with E-state index in [1.165, 1.54) is 0 Å². The first-order chi connectivity index (χ1) is 9.41. The zero-order valence-corrected chi connectivity index (χ0v) is 13.3. The number of aryl methyl sites for hydroxylation is 1. The van der Waals surface area contributed by atoms with Crippen molar-refractivity contribution in [1.82, 2.24) is 14.8 Å². The van der Waals surface area contributed by atoms with Gasteiger partial charge in [-0.2, -0.15) is 5.10 Å². The summed E-state index contributed by atoms with van der Waals surface area (Å²) in [6, 6.07) is 0. The third-order valence-electron chi connectivity index (χ3n) is 4.74. The highest BCUT2D eigenvalue weighted by molar-refractivity contribution is 4.93. The zero-order chi connectivity index (χ0) is 14.8. The predicted octanol–water partition coefficient (Wildman–Crippen LogP) is 3.05. The minimum atomic E-state index is -0.180. The first-order valence-electron chi connectivity index (χ1n) is 7.96. The van der Waals surface area contributed by atoms with Crippen LogP contribution in [-0.2, 0) is 13.0 Å². The summed E-state index contributed by atoms with van der Waals surface area (Å²) in [7, 11) is 0. The van der Waals surface area contributed by atoms with E-state index in [2.05, 4.69) is 37.8 Å². The SMILES string of the molecule is CCCn1ncnc1CC1CC(C(C)(C)C)CCC1O. The molecule has 3 unspecified atom stereocenters. The van der Waals surface area contributed by atoms with Crippen LogP contribution in [0.4, 0.5) is 0 Å². The van der Waals surface area contributed by atoms with Crippen LogP contribution in [0.15, 0.2) is 6.33 Å². The van der Waals surface area contributed by atoms with Gasteiger partial charge in [-0.3, -0.25) is 4.68 Å². The van der Waals surface area contributed by atoms with Gasteiger partial charge in [-0.25, -0.2) is 4.98 Å². The maximum absolute atomic E-state index is 10.3. The summed E-state index contributed by atoms with van der Waals surface area (Å²) in [5.41, 5.74) is 0.329. The van der Waals surface area contributed by atoms with E-state index in [4.69, 9.17) is 0 Å². The van der Waals surface area contributed by atoms with Gasteiger partial charge >= 0.3 is 0 Å². The van der Waals surface area contributed by atoms with Crippen LogP contribution in [0.3, 0.4) is 0 Å². The van der Waals surface area contributed by atoms with E-state index >= 15 is 0 Å². The molecule has 1 aliphatic rings. The number of nitrogens with zero attached hydrogens (tertiary/aromatic N) is 3. The number of aromatic nitrogens is 3. The molecule has 1 aromatic rings. The lowest BCUT2D eigenvalue weighted by atomic mass is 9.67. The molecule has 1 fully saturated rings. The Labute approximate surface area is 122 Å². The normalized spacial score (nSPS) is 27.8. The summed E-state index contributed by atoms with van der Waals surface area (Å²) < 4.78 is 1.99. The summed E-state index contributed by atoms with van der Waals surface area (Å²) in [6.45, 7) is 10.0. The number of aliphatic hydroxyl groups is 1. The molecule has 4 heteroatoms. The molecule has 20 heavy (non-hydrogen) atoms. The van der Waals surface area contributed by atoms with Crippen molar-refractivity contribution in [2.45, 2.75) is 72.4 Å². The van der Waals surface area contributed by atoms with Crippen molar-refractivity contribution in [1.29, 1.82) is 0 Å². The molecule has 1 heterocycles. The van der Waals surface area contributed by atoms with E-state index < -0.39 is 0 Å². The van der Waals surface area contributed by atoms with E-state index in [1.807, 2.05) is 4.68 Å². The Bertz CT molecular complexity index is 422. The van der Waals surface area contributed by atoms with Crippen LogP contribution in [0.2, 0.25) is 0 Å². The Morgan fingerprint density at radius 1 is 1.35 bits per heavy atom. The summed E-state index contributed by atoms with van der Waals surface area (Å²) >= 11 is 0. The molecular weight excluding hydrogens is 250 g/mol. The largest absolute Gasteiger partial charge is 0.393 e. The highest BCUT2D eigenvalue weighted by Gasteiger charge is 2.35. The van der Waals surface area contributed by atoms with Gasteiger partial charge in [-0.05, 0) is 42.9 Å². The van der Waals surface area contributed by atoms with Gasteiger partial charge in [0, 0.05) is 13.0 Å². The van der Waals surface area contributed by atoms with Gasteiger partial charge in [0.1, 0.15) is 12.2 Å². The van der Waals surface area contributed by atoms with Gasteiger partial charge in [0.05, 0.1) is 6.10 Å². The number of rotatable bonds is 4. The lowest BCUT2D eigenvalue weighted by Gasteiger charge is -2.40. The van der Waals surface area contributed by atoms with Crippen molar-refractivity contribution < 1.29 is 5.11 Å². The van der Waals surface area contributed by atoms with Crippen molar-refractivity contribution in [3.05, 3.63) is 12.2 Å². The molecule has 114 valence electrons. The number of hydrogen-bond acceptors (Lipinski definition) is 3. The molecule has 0 spiro atoms. The fourth-order valence-corrected chi connectivity index (χ4v) is 3.33. The summed E-state index contributed by atoms with van der Waals surface area (Å²) in [5.74, 6) is 2.05. The fraction of sp³-hybridized carbons (Fsp3) is 0.875. The van der Waals surface area contributed by atoms with Crippen LogP contribution in [0.5, 0.6) is 0 Å². The lowest BCUT2D eigenvalue weighted by Crippen LogP contribution is -2.36. The summed E-state index contributed by atoms with van der Waals surface area (Å²) in [4.78, 5) is 4.39. The fourth-order valence-electron chi connectivity index (χ4n) is 3.33. The monoisotopic (exact) mass is 279 g/mol. The zero-order valence-electron chi connectivity index (χ0n) is 13.3.